The van der Waals surface area contributed by atoms with Crippen molar-refractivity contribution in [3.63, 3.8) is 0 Å². The number of carbonyl (C=O) groups is 1. The Balaban J connectivity index is 1.91. The van der Waals surface area contributed by atoms with Gasteiger partial charge in [-0.3, -0.25) is 9.10 Å². The van der Waals surface area contributed by atoms with E-state index < -0.39 is 16.1 Å². The first-order valence-corrected chi connectivity index (χ1v) is 11.4. The molecule has 0 radical (unpaired) electrons. The fourth-order valence-corrected chi connectivity index (χ4v) is 4.55. The van der Waals surface area contributed by atoms with Crippen LogP contribution in [0.5, 0.6) is 0 Å². The number of rotatable bonds is 9. The van der Waals surface area contributed by atoms with E-state index in [4.69, 9.17) is 0 Å². The largest absolute Gasteiger partial charge is 0.354 e. The molecule has 0 saturated carbocycles. The SMILES string of the molecule is CC[C@H](C(=O)NCCCN1CCN(C)CC1)N(c1ccccc1)S(C)(=O)=O. The summed E-state index contributed by atoms with van der Waals surface area (Å²) in [5.74, 6) is -0.245. The van der Waals surface area contributed by atoms with E-state index in [1.54, 1.807) is 24.3 Å². The molecule has 0 aliphatic carbocycles. The van der Waals surface area contributed by atoms with Crippen LogP contribution in [-0.2, 0) is 14.8 Å². The molecule has 1 amide bonds. The van der Waals surface area contributed by atoms with E-state index in [0.717, 1.165) is 45.4 Å². The van der Waals surface area contributed by atoms with E-state index in [0.29, 0.717) is 18.7 Å². The van der Waals surface area contributed by atoms with Crippen molar-refractivity contribution in [2.45, 2.75) is 25.8 Å². The molecule has 2 rings (SSSR count). The summed E-state index contributed by atoms with van der Waals surface area (Å²) in [5, 5.41) is 2.92. The average molecular weight is 397 g/mol. The first kappa shape index (κ1) is 21.7. The normalized spacial score (nSPS) is 17.4. The van der Waals surface area contributed by atoms with Crippen LogP contribution >= 0.6 is 0 Å². The Hall–Kier alpha value is -1.64. The summed E-state index contributed by atoms with van der Waals surface area (Å²) in [6, 6.07) is 8.05. The van der Waals surface area contributed by atoms with E-state index in [1.165, 1.54) is 4.31 Å². The van der Waals surface area contributed by atoms with E-state index >= 15 is 0 Å². The van der Waals surface area contributed by atoms with Crippen LogP contribution in [0.3, 0.4) is 0 Å². The van der Waals surface area contributed by atoms with E-state index in [9.17, 15) is 13.2 Å². The average Bonchev–Trinajstić information content (AvgIpc) is 2.64. The number of para-hydroxylation sites is 1. The molecule has 1 aromatic carbocycles. The minimum Gasteiger partial charge on any atom is -0.354 e. The predicted octanol–water partition coefficient (Wildman–Crippen LogP) is 0.985. The molecule has 1 atom stereocenters. The Kier molecular flexibility index (Phi) is 8.07. The lowest BCUT2D eigenvalue weighted by Gasteiger charge is -2.32. The smallest absolute Gasteiger partial charge is 0.243 e. The first-order valence-electron chi connectivity index (χ1n) is 9.56. The molecule has 1 N–H and O–H groups in total. The number of nitrogens with one attached hydrogen (secondary N) is 1. The van der Waals surface area contributed by atoms with Crippen molar-refractivity contribution in [1.29, 1.82) is 0 Å². The van der Waals surface area contributed by atoms with Gasteiger partial charge in [0.2, 0.25) is 15.9 Å². The van der Waals surface area contributed by atoms with Gasteiger partial charge in [-0.2, -0.15) is 0 Å². The highest BCUT2D eigenvalue weighted by Gasteiger charge is 2.31. The lowest BCUT2D eigenvalue weighted by Crippen LogP contribution is -2.50. The fourth-order valence-electron chi connectivity index (χ4n) is 3.34. The third kappa shape index (κ3) is 6.48. The standard InChI is InChI=1S/C19H32N4O3S/c1-4-18(23(27(3,25)26)17-9-6-5-7-10-17)19(24)20-11-8-12-22-15-13-21(2)14-16-22/h5-7,9-10,18H,4,8,11-16H2,1-3H3,(H,20,24)/t18-/m1/s1. The second-order valence-electron chi connectivity index (χ2n) is 7.11. The van der Waals surface area contributed by atoms with Crippen LogP contribution < -0.4 is 9.62 Å². The lowest BCUT2D eigenvalue weighted by molar-refractivity contribution is -0.122. The zero-order valence-corrected chi connectivity index (χ0v) is 17.4. The van der Waals surface area contributed by atoms with Crippen LogP contribution in [-0.4, -0.2) is 82.7 Å². The Morgan fingerprint density at radius 1 is 1.19 bits per heavy atom. The molecule has 1 aliphatic heterocycles. The van der Waals surface area contributed by atoms with Gasteiger partial charge < -0.3 is 15.1 Å². The van der Waals surface area contributed by atoms with Gasteiger partial charge in [-0.15, -0.1) is 0 Å². The number of sulfonamides is 1. The van der Waals surface area contributed by atoms with Crippen molar-refractivity contribution >= 4 is 21.6 Å². The molecule has 0 bridgehead atoms. The summed E-state index contributed by atoms with van der Waals surface area (Å²) >= 11 is 0. The Morgan fingerprint density at radius 3 is 2.37 bits per heavy atom. The molecule has 152 valence electrons. The topological polar surface area (TPSA) is 73.0 Å². The Morgan fingerprint density at radius 2 is 1.81 bits per heavy atom. The summed E-state index contributed by atoms with van der Waals surface area (Å²) in [7, 11) is -1.44. The number of benzene rings is 1. The summed E-state index contributed by atoms with van der Waals surface area (Å²) in [4.78, 5) is 17.4. The van der Waals surface area contributed by atoms with Gasteiger partial charge in [0.1, 0.15) is 6.04 Å². The van der Waals surface area contributed by atoms with Crippen molar-refractivity contribution < 1.29 is 13.2 Å². The van der Waals surface area contributed by atoms with Crippen LogP contribution in [0.15, 0.2) is 30.3 Å². The third-order valence-corrected chi connectivity index (χ3v) is 6.07. The first-order chi connectivity index (χ1) is 12.8. The number of amides is 1. The molecule has 1 aliphatic rings. The maximum atomic E-state index is 12.7. The van der Waals surface area contributed by atoms with E-state index in [-0.39, 0.29) is 5.91 Å². The minimum absolute atomic E-state index is 0.245. The number of nitrogens with zero attached hydrogens (tertiary/aromatic N) is 3. The number of hydrogen-bond donors (Lipinski definition) is 1. The van der Waals surface area contributed by atoms with E-state index in [1.807, 2.05) is 13.0 Å². The maximum absolute atomic E-state index is 12.7. The molecule has 8 heteroatoms. The second kappa shape index (κ2) is 10.1. The fraction of sp³-hybridized carbons (Fsp3) is 0.632. The monoisotopic (exact) mass is 396 g/mol. The van der Waals surface area contributed by atoms with Gasteiger partial charge in [-0.25, -0.2) is 8.42 Å². The molecule has 7 nitrogen and oxygen atoms in total. The van der Waals surface area contributed by atoms with Gasteiger partial charge in [-0.05, 0) is 38.6 Å². The molecule has 27 heavy (non-hydrogen) atoms. The second-order valence-corrected chi connectivity index (χ2v) is 8.97. The zero-order valence-electron chi connectivity index (χ0n) is 16.6. The van der Waals surface area contributed by atoms with Crippen LogP contribution in [0.4, 0.5) is 5.69 Å². The van der Waals surface area contributed by atoms with Crippen LogP contribution in [0.1, 0.15) is 19.8 Å². The quantitative estimate of drug-likeness (QED) is 0.630. The van der Waals surface area contributed by atoms with Gasteiger partial charge in [0.25, 0.3) is 0 Å². The molecular formula is C19H32N4O3S. The molecular weight excluding hydrogens is 364 g/mol. The number of piperazine rings is 1. The number of carbonyl (C=O) groups excluding carboxylic acids is 1. The predicted molar refractivity (Wildman–Crippen MR) is 109 cm³/mol. The third-order valence-electron chi connectivity index (χ3n) is 4.89. The summed E-state index contributed by atoms with van der Waals surface area (Å²) in [5.41, 5.74) is 0.513. The molecule has 1 aromatic rings. The molecule has 0 aromatic heterocycles. The number of anilines is 1. The molecule has 0 spiro atoms. The van der Waals surface area contributed by atoms with Crippen molar-refractivity contribution in [3.05, 3.63) is 30.3 Å². The Bertz CT molecular complexity index is 688. The van der Waals surface area contributed by atoms with Crippen molar-refractivity contribution in [2.75, 3.05) is 56.9 Å². The molecule has 1 saturated heterocycles. The Labute approximate surface area is 163 Å². The van der Waals surface area contributed by atoms with Crippen molar-refractivity contribution in [2.24, 2.45) is 0 Å². The van der Waals surface area contributed by atoms with Crippen LogP contribution in [0.2, 0.25) is 0 Å². The zero-order chi connectivity index (χ0) is 19.9. The van der Waals surface area contributed by atoms with Gasteiger partial charge in [0.05, 0.1) is 11.9 Å². The van der Waals surface area contributed by atoms with Crippen LogP contribution in [0.25, 0.3) is 0 Å². The highest BCUT2D eigenvalue weighted by atomic mass is 32.2. The van der Waals surface area contributed by atoms with Gasteiger partial charge in [-0.1, -0.05) is 25.1 Å². The summed E-state index contributed by atoms with van der Waals surface area (Å²) in [6.07, 6.45) is 2.41. The summed E-state index contributed by atoms with van der Waals surface area (Å²) in [6.45, 7) is 7.58. The minimum atomic E-state index is -3.57. The number of hydrogen-bond acceptors (Lipinski definition) is 5. The van der Waals surface area contributed by atoms with Crippen molar-refractivity contribution in [3.8, 4) is 0 Å². The van der Waals surface area contributed by atoms with Crippen molar-refractivity contribution in [1.82, 2.24) is 15.1 Å². The number of likely N-dealkylation sites (N-methyl/N-ethyl adjacent to an activating group) is 1. The van der Waals surface area contributed by atoms with Crippen LogP contribution in [0, 0.1) is 0 Å². The maximum Gasteiger partial charge on any atom is 0.243 e. The van der Waals surface area contributed by atoms with Gasteiger partial charge >= 0.3 is 0 Å². The summed E-state index contributed by atoms with van der Waals surface area (Å²) < 4.78 is 25.9. The highest BCUT2D eigenvalue weighted by Crippen LogP contribution is 2.21. The van der Waals surface area contributed by atoms with Gasteiger partial charge in [0.15, 0.2) is 0 Å². The lowest BCUT2D eigenvalue weighted by atomic mass is 10.2. The highest BCUT2D eigenvalue weighted by molar-refractivity contribution is 7.92. The molecule has 1 fully saturated rings. The molecule has 0 unspecified atom stereocenters. The van der Waals surface area contributed by atoms with E-state index in [2.05, 4.69) is 22.2 Å². The molecule has 1 heterocycles. The van der Waals surface area contributed by atoms with Gasteiger partial charge in [0, 0.05) is 32.7 Å².